The Labute approximate surface area is 175 Å². The second kappa shape index (κ2) is 8.91. The van der Waals surface area contributed by atoms with Crippen LogP contribution in [0.15, 0.2) is 63.8 Å². The number of rotatable bonds is 7. The van der Waals surface area contributed by atoms with Crippen molar-refractivity contribution in [2.24, 2.45) is 0 Å². The highest BCUT2D eigenvalue weighted by Gasteiger charge is 2.27. The van der Waals surface area contributed by atoms with Gasteiger partial charge in [0.05, 0.1) is 10.6 Å². The van der Waals surface area contributed by atoms with E-state index in [2.05, 4.69) is 15.5 Å². The Bertz CT molecular complexity index is 1060. The first-order chi connectivity index (χ1) is 13.4. The molecule has 7 nitrogen and oxygen atoms in total. The van der Waals surface area contributed by atoms with Gasteiger partial charge in [0.2, 0.25) is 11.0 Å². The van der Waals surface area contributed by atoms with E-state index < -0.39 is 22.5 Å². The maximum absolute atomic E-state index is 13.1. The van der Waals surface area contributed by atoms with E-state index in [4.69, 9.17) is 11.6 Å². The number of hydrogen-bond donors (Lipinski definition) is 1. The molecule has 146 valence electrons. The topological polar surface area (TPSA) is 92.3 Å². The number of nitrogens with one attached hydrogen (secondary N) is 1. The molecule has 11 heteroatoms. The maximum Gasteiger partial charge on any atom is 0.264 e. The number of carbonyl (C=O) groups excluding carboxylic acids is 1. The molecule has 3 rings (SSSR count). The Morgan fingerprint density at radius 2 is 1.82 bits per heavy atom. The van der Waals surface area contributed by atoms with Crippen LogP contribution in [-0.2, 0) is 14.8 Å². The zero-order valence-corrected chi connectivity index (χ0v) is 17.8. The van der Waals surface area contributed by atoms with E-state index in [1.165, 1.54) is 35.2 Å². The van der Waals surface area contributed by atoms with Gasteiger partial charge in [0.25, 0.3) is 10.0 Å². The van der Waals surface area contributed by atoms with Crippen molar-refractivity contribution in [3.05, 3.63) is 59.6 Å². The summed E-state index contributed by atoms with van der Waals surface area (Å²) in [7, 11) is -3.96. The third-order valence-electron chi connectivity index (χ3n) is 3.56. The lowest BCUT2D eigenvalue weighted by Crippen LogP contribution is -2.38. The molecule has 2 aromatic carbocycles. The molecular formula is C17H15ClN4O3S3. The lowest BCUT2D eigenvalue weighted by Gasteiger charge is -2.24. The van der Waals surface area contributed by atoms with E-state index >= 15 is 0 Å². The fraction of sp³-hybridized carbons (Fsp3) is 0.118. The first-order valence-electron chi connectivity index (χ1n) is 7.91. The number of amides is 1. The molecule has 28 heavy (non-hydrogen) atoms. The van der Waals surface area contributed by atoms with Gasteiger partial charge in [-0.1, -0.05) is 52.9 Å². The van der Waals surface area contributed by atoms with Crippen molar-refractivity contribution in [2.45, 2.75) is 9.24 Å². The second-order valence-corrected chi connectivity index (χ2v) is 9.76. The van der Waals surface area contributed by atoms with Gasteiger partial charge >= 0.3 is 0 Å². The normalized spacial score (nSPS) is 11.2. The maximum atomic E-state index is 13.1. The van der Waals surface area contributed by atoms with E-state index in [-0.39, 0.29) is 4.90 Å². The van der Waals surface area contributed by atoms with Crippen LogP contribution in [0.25, 0.3) is 0 Å². The molecule has 1 N–H and O–H groups in total. The number of anilines is 2. The summed E-state index contributed by atoms with van der Waals surface area (Å²) in [6.07, 6.45) is 1.85. The van der Waals surface area contributed by atoms with Crippen LogP contribution in [0, 0.1) is 0 Å². The number of sulfonamides is 1. The molecule has 0 saturated heterocycles. The molecule has 0 radical (unpaired) electrons. The zero-order valence-electron chi connectivity index (χ0n) is 14.6. The Hall–Kier alpha value is -2.14. The first kappa shape index (κ1) is 20.6. The van der Waals surface area contributed by atoms with Crippen LogP contribution in [-0.4, -0.2) is 37.3 Å². The average molecular weight is 455 g/mol. The number of thioether (sulfide) groups is 1. The Kier molecular flexibility index (Phi) is 6.55. The molecule has 0 aliphatic carbocycles. The minimum Gasteiger partial charge on any atom is -0.299 e. The zero-order chi connectivity index (χ0) is 20.1. The predicted octanol–water partition coefficient (Wildman–Crippen LogP) is 3.75. The summed E-state index contributed by atoms with van der Waals surface area (Å²) >= 11 is 8.53. The highest BCUT2D eigenvalue weighted by molar-refractivity contribution is 8.00. The number of benzene rings is 2. The van der Waals surface area contributed by atoms with E-state index in [9.17, 15) is 13.2 Å². The minimum absolute atomic E-state index is 0.0818. The van der Waals surface area contributed by atoms with Crippen LogP contribution in [0.4, 0.5) is 10.8 Å². The van der Waals surface area contributed by atoms with Gasteiger partial charge in [0, 0.05) is 5.02 Å². The van der Waals surface area contributed by atoms with Crippen molar-refractivity contribution in [2.75, 3.05) is 22.4 Å². The standard InChI is InChI=1S/C17H15ClN4O3S3/c1-26-17-21-20-16(27-17)19-15(23)11-22(13-9-7-12(18)8-10-13)28(24,25)14-5-3-2-4-6-14/h2-10H,11H2,1H3,(H,19,20,23). The van der Waals surface area contributed by atoms with Crippen molar-refractivity contribution < 1.29 is 13.2 Å². The van der Waals surface area contributed by atoms with E-state index in [1.807, 2.05) is 6.26 Å². The predicted molar refractivity (Wildman–Crippen MR) is 113 cm³/mol. The largest absolute Gasteiger partial charge is 0.299 e. The van der Waals surface area contributed by atoms with Crippen molar-refractivity contribution >= 4 is 61.4 Å². The van der Waals surface area contributed by atoms with E-state index in [1.54, 1.807) is 42.5 Å². The van der Waals surface area contributed by atoms with Crippen LogP contribution >= 0.6 is 34.7 Å². The summed E-state index contributed by atoms with van der Waals surface area (Å²) in [5.41, 5.74) is 0.325. The summed E-state index contributed by atoms with van der Waals surface area (Å²) in [5, 5.41) is 11.1. The van der Waals surface area contributed by atoms with Gasteiger partial charge in [-0.05, 0) is 42.7 Å². The quantitative estimate of drug-likeness (QED) is 0.431. The Morgan fingerprint density at radius 1 is 1.14 bits per heavy atom. The lowest BCUT2D eigenvalue weighted by atomic mass is 10.3. The highest BCUT2D eigenvalue weighted by Crippen LogP contribution is 2.26. The fourth-order valence-corrected chi connectivity index (χ4v) is 5.03. The van der Waals surface area contributed by atoms with Crippen LogP contribution in [0.1, 0.15) is 0 Å². The van der Waals surface area contributed by atoms with E-state index in [0.717, 1.165) is 4.31 Å². The molecule has 3 aromatic rings. The summed E-state index contributed by atoms with van der Waals surface area (Å²) in [6, 6.07) is 14.2. The molecule has 0 spiro atoms. The minimum atomic E-state index is -3.96. The van der Waals surface area contributed by atoms with Crippen molar-refractivity contribution in [1.29, 1.82) is 0 Å². The molecule has 0 bridgehead atoms. The molecule has 1 heterocycles. The molecule has 0 fully saturated rings. The number of hydrogen-bond acceptors (Lipinski definition) is 7. The Balaban J connectivity index is 1.90. The van der Waals surface area contributed by atoms with Gasteiger partial charge in [-0.3, -0.25) is 14.4 Å². The second-order valence-electron chi connectivity index (χ2n) is 5.43. The summed E-state index contributed by atoms with van der Waals surface area (Å²) in [5.74, 6) is -0.529. The molecule has 0 unspecified atom stereocenters. The molecular weight excluding hydrogens is 440 g/mol. The van der Waals surface area contributed by atoms with Gasteiger partial charge < -0.3 is 0 Å². The number of nitrogens with zero attached hydrogens (tertiary/aromatic N) is 3. The van der Waals surface area contributed by atoms with Gasteiger partial charge in [-0.15, -0.1) is 10.2 Å². The van der Waals surface area contributed by atoms with Crippen molar-refractivity contribution in [3.63, 3.8) is 0 Å². The van der Waals surface area contributed by atoms with Gasteiger partial charge in [0.1, 0.15) is 6.54 Å². The number of halogens is 1. The molecule has 1 amide bonds. The van der Waals surface area contributed by atoms with Crippen molar-refractivity contribution in [3.8, 4) is 0 Å². The number of aromatic nitrogens is 2. The van der Waals surface area contributed by atoms with Crippen molar-refractivity contribution in [1.82, 2.24) is 10.2 Å². The number of carbonyl (C=O) groups is 1. The summed E-state index contributed by atoms with van der Waals surface area (Å²) in [6.45, 7) is -0.424. The van der Waals surface area contributed by atoms with Crippen LogP contribution in [0.5, 0.6) is 0 Å². The van der Waals surface area contributed by atoms with Gasteiger partial charge in [0.15, 0.2) is 4.34 Å². The van der Waals surface area contributed by atoms with Crippen LogP contribution in [0.3, 0.4) is 0 Å². The van der Waals surface area contributed by atoms with E-state index in [0.29, 0.717) is 20.2 Å². The monoisotopic (exact) mass is 454 g/mol. The average Bonchev–Trinajstić information content (AvgIpc) is 3.15. The summed E-state index contributed by atoms with van der Waals surface area (Å²) in [4.78, 5) is 12.6. The van der Waals surface area contributed by atoms with Crippen LogP contribution in [0.2, 0.25) is 5.02 Å². The van der Waals surface area contributed by atoms with Gasteiger partial charge in [-0.25, -0.2) is 8.42 Å². The first-order valence-corrected chi connectivity index (χ1v) is 11.8. The van der Waals surface area contributed by atoms with Crippen LogP contribution < -0.4 is 9.62 Å². The molecule has 0 aliphatic heterocycles. The highest BCUT2D eigenvalue weighted by atomic mass is 35.5. The third kappa shape index (κ3) is 4.82. The summed E-state index contributed by atoms with van der Waals surface area (Å²) < 4.78 is 28.0. The molecule has 1 aromatic heterocycles. The lowest BCUT2D eigenvalue weighted by molar-refractivity contribution is -0.114. The van der Waals surface area contributed by atoms with Gasteiger partial charge in [-0.2, -0.15) is 0 Å². The molecule has 0 atom stereocenters. The molecule has 0 saturated carbocycles. The fourth-order valence-electron chi connectivity index (χ4n) is 2.27. The SMILES string of the molecule is CSc1nnc(NC(=O)CN(c2ccc(Cl)cc2)S(=O)(=O)c2ccccc2)s1. The smallest absolute Gasteiger partial charge is 0.264 e. The Morgan fingerprint density at radius 3 is 2.43 bits per heavy atom. The molecule has 0 aliphatic rings. The third-order valence-corrected chi connectivity index (χ3v) is 7.41.